The molecule has 1 aliphatic rings. The van der Waals surface area contributed by atoms with E-state index in [1.165, 1.54) is 0 Å². The van der Waals surface area contributed by atoms with Crippen molar-refractivity contribution in [2.45, 2.75) is 10.6 Å². The second-order valence-corrected chi connectivity index (χ2v) is 5.87. The zero-order valence-electron chi connectivity index (χ0n) is 8.55. The van der Waals surface area contributed by atoms with Gasteiger partial charge in [-0.05, 0) is 17.2 Å². The van der Waals surface area contributed by atoms with Crippen LogP contribution in [-0.4, -0.2) is 8.42 Å². The van der Waals surface area contributed by atoms with Crippen LogP contribution in [0.5, 0.6) is 0 Å². The van der Waals surface area contributed by atoms with E-state index >= 15 is 0 Å². The van der Waals surface area contributed by atoms with Crippen LogP contribution in [0.2, 0.25) is 0 Å². The Morgan fingerprint density at radius 1 is 0.812 bits per heavy atom. The van der Waals surface area contributed by atoms with Gasteiger partial charge in [0.15, 0.2) is 9.84 Å². The van der Waals surface area contributed by atoms with E-state index in [9.17, 15) is 8.42 Å². The van der Waals surface area contributed by atoms with Gasteiger partial charge < -0.3 is 0 Å². The van der Waals surface area contributed by atoms with E-state index in [1.807, 2.05) is 36.4 Å². The molecule has 0 saturated carbocycles. The molecule has 0 saturated heterocycles. The van der Waals surface area contributed by atoms with Gasteiger partial charge in [0.05, 0.1) is 10.6 Å². The fourth-order valence-electron chi connectivity index (χ4n) is 2.15. The third-order valence-electron chi connectivity index (χ3n) is 2.88. The monoisotopic (exact) mass is 230 g/mol. The lowest BCUT2D eigenvalue weighted by atomic mass is 10.0. The van der Waals surface area contributed by atoms with Crippen molar-refractivity contribution < 1.29 is 8.42 Å². The average molecular weight is 230 g/mol. The molecule has 0 N–H and O–H groups in total. The fraction of sp³-hybridized carbons (Fsp3) is 0.0769. The second-order valence-electron chi connectivity index (χ2n) is 3.91. The third-order valence-corrected chi connectivity index (χ3v) is 4.59. The number of rotatable bonds is 0. The molecular weight excluding hydrogens is 220 g/mol. The first-order chi connectivity index (χ1) is 7.68. The molecule has 0 unspecified atom stereocenters. The van der Waals surface area contributed by atoms with Crippen LogP contribution in [0.1, 0.15) is 5.56 Å². The standard InChI is InChI=1S/C13H10O2S/c14-16(15)9-10-5-1-2-6-11(10)12-7-3-4-8-13(12)16/h1-8H,9H2. The maximum Gasteiger partial charge on any atom is 0.183 e. The van der Waals surface area contributed by atoms with Gasteiger partial charge in [-0.3, -0.25) is 0 Å². The van der Waals surface area contributed by atoms with Crippen LogP contribution in [-0.2, 0) is 15.6 Å². The van der Waals surface area contributed by atoms with E-state index < -0.39 is 9.84 Å². The van der Waals surface area contributed by atoms with E-state index in [0.717, 1.165) is 16.7 Å². The molecule has 16 heavy (non-hydrogen) atoms. The van der Waals surface area contributed by atoms with Gasteiger partial charge in [-0.1, -0.05) is 42.5 Å². The zero-order valence-corrected chi connectivity index (χ0v) is 9.37. The minimum atomic E-state index is -3.16. The van der Waals surface area contributed by atoms with Crippen LogP contribution < -0.4 is 0 Å². The molecule has 0 atom stereocenters. The number of sulfone groups is 1. The molecule has 0 aromatic heterocycles. The van der Waals surface area contributed by atoms with Crippen LogP contribution in [0.3, 0.4) is 0 Å². The summed E-state index contributed by atoms with van der Waals surface area (Å²) >= 11 is 0. The quantitative estimate of drug-likeness (QED) is 0.697. The number of benzene rings is 2. The van der Waals surface area contributed by atoms with Crippen LogP contribution >= 0.6 is 0 Å². The lowest BCUT2D eigenvalue weighted by Gasteiger charge is -2.19. The average Bonchev–Trinajstić information content (AvgIpc) is 2.29. The maximum absolute atomic E-state index is 12.0. The largest absolute Gasteiger partial charge is 0.223 e. The normalized spacial score (nSPS) is 16.2. The Kier molecular flexibility index (Phi) is 1.91. The highest BCUT2D eigenvalue weighted by Gasteiger charge is 2.26. The summed E-state index contributed by atoms with van der Waals surface area (Å²) in [6.07, 6.45) is 0. The molecule has 2 nitrogen and oxygen atoms in total. The number of hydrogen-bond acceptors (Lipinski definition) is 2. The molecule has 2 aromatic rings. The van der Waals surface area contributed by atoms with Crippen molar-refractivity contribution in [3.05, 3.63) is 54.1 Å². The summed E-state index contributed by atoms with van der Waals surface area (Å²) < 4.78 is 24.1. The van der Waals surface area contributed by atoms with E-state index in [0.29, 0.717) is 4.90 Å². The van der Waals surface area contributed by atoms with E-state index in [1.54, 1.807) is 12.1 Å². The molecule has 1 heterocycles. The topological polar surface area (TPSA) is 34.1 Å². The van der Waals surface area contributed by atoms with E-state index in [4.69, 9.17) is 0 Å². The highest BCUT2D eigenvalue weighted by molar-refractivity contribution is 7.90. The second kappa shape index (κ2) is 3.19. The molecule has 0 fully saturated rings. The smallest absolute Gasteiger partial charge is 0.183 e. The van der Waals surface area contributed by atoms with Crippen molar-refractivity contribution in [3.8, 4) is 11.1 Å². The summed E-state index contributed by atoms with van der Waals surface area (Å²) in [6.45, 7) is 0. The first-order valence-corrected chi connectivity index (χ1v) is 6.74. The van der Waals surface area contributed by atoms with Gasteiger partial charge in [-0.25, -0.2) is 8.42 Å². The van der Waals surface area contributed by atoms with Gasteiger partial charge in [0.25, 0.3) is 0 Å². The highest BCUT2D eigenvalue weighted by Crippen LogP contribution is 2.37. The van der Waals surface area contributed by atoms with E-state index in [2.05, 4.69) is 0 Å². The Labute approximate surface area is 94.5 Å². The summed E-state index contributed by atoms with van der Waals surface area (Å²) in [5.74, 6) is 0.111. The van der Waals surface area contributed by atoms with Gasteiger partial charge >= 0.3 is 0 Å². The third kappa shape index (κ3) is 1.28. The zero-order chi connectivity index (χ0) is 11.2. The Morgan fingerprint density at radius 2 is 1.44 bits per heavy atom. The molecule has 2 aromatic carbocycles. The molecule has 80 valence electrons. The molecule has 1 aliphatic heterocycles. The van der Waals surface area contributed by atoms with Crippen LogP contribution in [0.4, 0.5) is 0 Å². The molecule has 3 heteroatoms. The van der Waals surface area contributed by atoms with Gasteiger partial charge in [-0.2, -0.15) is 0 Å². The Hall–Kier alpha value is -1.61. The molecule has 0 spiro atoms. The van der Waals surface area contributed by atoms with Crippen molar-refractivity contribution in [1.29, 1.82) is 0 Å². The van der Waals surface area contributed by atoms with Crippen molar-refractivity contribution in [3.63, 3.8) is 0 Å². The molecular formula is C13H10O2S. The summed E-state index contributed by atoms with van der Waals surface area (Å²) in [6, 6.07) is 14.9. The molecule has 0 aliphatic carbocycles. The Balaban J connectivity index is 2.42. The summed E-state index contributed by atoms with van der Waals surface area (Å²) in [7, 11) is -3.16. The van der Waals surface area contributed by atoms with Crippen molar-refractivity contribution in [1.82, 2.24) is 0 Å². The SMILES string of the molecule is O=S1(=O)Cc2ccccc2-c2ccccc21. The van der Waals surface area contributed by atoms with Crippen molar-refractivity contribution >= 4 is 9.84 Å². The van der Waals surface area contributed by atoms with Crippen LogP contribution in [0.25, 0.3) is 11.1 Å². The van der Waals surface area contributed by atoms with Crippen molar-refractivity contribution in [2.24, 2.45) is 0 Å². The van der Waals surface area contributed by atoms with E-state index in [-0.39, 0.29) is 5.75 Å². The first kappa shape index (κ1) is 9.60. The van der Waals surface area contributed by atoms with Crippen LogP contribution in [0, 0.1) is 0 Å². The fourth-order valence-corrected chi connectivity index (χ4v) is 3.77. The highest BCUT2D eigenvalue weighted by atomic mass is 32.2. The number of hydrogen-bond donors (Lipinski definition) is 0. The predicted octanol–water partition coefficient (Wildman–Crippen LogP) is 2.64. The van der Waals surface area contributed by atoms with Gasteiger partial charge in [-0.15, -0.1) is 0 Å². The maximum atomic E-state index is 12.0. The summed E-state index contributed by atoms with van der Waals surface area (Å²) in [5.41, 5.74) is 2.75. The van der Waals surface area contributed by atoms with Crippen molar-refractivity contribution in [2.75, 3.05) is 0 Å². The molecule has 0 amide bonds. The minimum absolute atomic E-state index is 0.111. The Bertz CT molecular complexity index is 657. The van der Waals surface area contributed by atoms with Gasteiger partial charge in [0.2, 0.25) is 0 Å². The number of fused-ring (bicyclic) bond motifs is 3. The van der Waals surface area contributed by atoms with Gasteiger partial charge in [0, 0.05) is 5.56 Å². The predicted molar refractivity (Wildman–Crippen MR) is 62.8 cm³/mol. The molecule has 0 radical (unpaired) electrons. The van der Waals surface area contributed by atoms with Gasteiger partial charge in [0.1, 0.15) is 0 Å². The Morgan fingerprint density at radius 3 is 2.25 bits per heavy atom. The lowest BCUT2D eigenvalue weighted by Crippen LogP contribution is -2.12. The molecule has 3 rings (SSSR count). The lowest BCUT2D eigenvalue weighted by molar-refractivity contribution is 0.594. The first-order valence-electron chi connectivity index (χ1n) is 5.08. The summed E-state index contributed by atoms with van der Waals surface area (Å²) in [5, 5.41) is 0. The molecule has 0 bridgehead atoms. The van der Waals surface area contributed by atoms with Crippen LogP contribution in [0.15, 0.2) is 53.4 Å². The minimum Gasteiger partial charge on any atom is -0.223 e. The summed E-state index contributed by atoms with van der Waals surface area (Å²) in [4.78, 5) is 0.453.